The van der Waals surface area contributed by atoms with Crippen molar-refractivity contribution in [2.45, 2.75) is 25.4 Å². The maximum Gasteiger partial charge on any atom is 0.133 e. The Morgan fingerprint density at radius 1 is 1.42 bits per heavy atom. The van der Waals surface area contributed by atoms with Gasteiger partial charge in [0.1, 0.15) is 5.82 Å². The molecule has 1 saturated carbocycles. The average molecular weight is 344 g/mol. The fourth-order valence-electron chi connectivity index (χ4n) is 2.28. The van der Waals surface area contributed by atoms with Crippen molar-refractivity contribution >= 4 is 32.5 Å². The van der Waals surface area contributed by atoms with E-state index in [-0.39, 0.29) is 0 Å². The molecule has 0 spiro atoms. The summed E-state index contributed by atoms with van der Waals surface area (Å²) in [6, 6.07) is 2.84. The third kappa shape index (κ3) is 3.55. The minimum atomic E-state index is -0.641. The maximum atomic E-state index is 11.4. The molecule has 0 atom stereocenters. The lowest BCUT2D eigenvalue weighted by atomic mass is 10.2. The Morgan fingerprint density at radius 3 is 2.84 bits per heavy atom. The molecule has 6 heteroatoms. The molecule has 0 unspecified atom stereocenters. The number of nitrogens with one attached hydrogen (secondary N) is 1. The summed E-state index contributed by atoms with van der Waals surface area (Å²) < 4.78 is 12.5. The van der Waals surface area contributed by atoms with Gasteiger partial charge in [-0.05, 0) is 34.8 Å². The summed E-state index contributed by atoms with van der Waals surface area (Å²) in [6.07, 6.45) is 4.43. The van der Waals surface area contributed by atoms with E-state index < -0.39 is 10.8 Å². The molecular formula is C13H18BrN3OS. The molecular weight excluding hydrogens is 326 g/mol. The van der Waals surface area contributed by atoms with E-state index in [0.717, 1.165) is 41.4 Å². The quantitative estimate of drug-likeness (QED) is 0.903. The SMILES string of the molecule is O=S1CCN(c2ncc(Br)cc2CNC2CC2)CC1. The first kappa shape index (κ1) is 13.5. The third-order valence-electron chi connectivity index (χ3n) is 3.55. The minimum absolute atomic E-state index is 0.641. The molecule has 0 radical (unpaired) electrons. The zero-order chi connectivity index (χ0) is 13.2. The Balaban J connectivity index is 1.76. The normalized spacial score (nSPS) is 20.8. The lowest BCUT2D eigenvalue weighted by Gasteiger charge is -2.29. The number of nitrogens with zero attached hydrogens (tertiary/aromatic N) is 2. The van der Waals surface area contributed by atoms with Crippen molar-refractivity contribution in [3.8, 4) is 0 Å². The standard InChI is InChI=1S/C13H18BrN3OS/c14-11-7-10(8-15-12-1-2-12)13(16-9-11)17-3-5-19(18)6-4-17/h7,9,12,15H,1-6,8H2. The van der Waals surface area contributed by atoms with Crippen molar-refractivity contribution in [2.75, 3.05) is 29.5 Å². The van der Waals surface area contributed by atoms with E-state index >= 15 is 0 Å². The molecule has 3 rings (SSSR count). The van der Waals surface area contributed by atoms with Gasteiger partial charge in [0.15, 0.2) is 0 Å². The highest BCUT2D eigenvalue weighted by molar-refractivity contribution is 9.10. The van der Waals surface area contributed by atoms with Crippen LogP contribution in [0.15, 0.2) is 16.7 Å². The second-order valence-corrected chi connectivity index (χ2v) is 7.74. The molecule has 2 aliphatic rings. The van der Waals surface area contributed by atoms with Crippen LogP contribution in [0.1, 0.15) is 18.4 Å². The van der Waals surface area contributed by atoms with Crippen LogP contribution in [0.25, 0.3) is 0 Å². The van der Waals surface area contributed by atoms with E-state index in [2.05, 4.69) is 37.2 Å². The summed E-state index contributed by atoms with van der Waals surface area (Å²) in [4.78, 5) is 6.83. The van der Waals surface area contributed by atoms with E-state index in [1.807, 2.05) is 6.20 Å². The molecule has 1 saturated heterocycles. The molecule has 1 aliphatic heterocycles. The first-order chi connectivity index (χ1) is 9.22. The van der Waals surface area contributed by atoms with Crippen LogP contribution in [0.2, 0.25) is 0 Å². The number of halogens is 1. The molecule has 0 amide bonds. The molecule has 1 aromatic rings. The van der Waals surface area contributed by atoms with Crippen molar-refractivity contribution in [1.29, 1.82) is 0 Å². The van der Waals surface area contributed by atoms with Gasteiger partial charge in [0.25, 0.3) is 0 Å². The van der Waals surface area contributed by atoms with Crippen LogP contribution in [0.5, 0.6) is 0 Å². The van der Waals surface area contributed by atoms with Crippen LogP contribution < -0.4 is 10.2 Å². The van der Waals surface area contributed by atoms with Crippen LogP contribution in [0.4, 0.5) is 5.82 Å². The van der Waals surface area contributed by atoms with Crippen LogP contribution in [-0.2, 0) is 17.3 Å². The van der Waals surface area contributed by atoms with Crippen molar-refractivity contribution in [1.82, 2.24) is 10.3 Å². The van der Waals surface area contributed by atoms with Crippen LogP contribution in [0, 0.1) is 0 Å². The monoisotopic (exact) mass is 343 g/mol. The predicted octanol–water partition coefficient (Wildman–Crippen LogP) is 1.66. The van der Waals surface area contributed by atoms with Gasteiger partial charge in [-0.25, -0.2) is 4.98 Å². The zero-order valence-corrected chi connectivity index (χ0v) is 13.2. The van der Waals surface area contributed by atoms with Crippen LogP contribution in [-0.4, -0.2) is 39.8 Å². The fourth-order valence-corrected chi connectivity index (χ4v) is 3.71. The molecule has 19 heavy (non-hydrogen) atoms. The van der Waals surface area contributed by atoms with Crippen LogP contribution >= 0.6 is 15.9 Å². The predicted molar refractivity (Wildman–Crippen MR) is 81.9 cm³/mol. The van der Waals surface area contributed by atoms with Crippen molar-refractivity contribution in [2.24, 2.45) is 0 Å². The number of pyridine rings is 1. The van der Waals surface area contributed by atoms with E-state index in [4.69, 9.17) is 0 Å². The molecule has 0 bridgehead atoms. The van der Waals surface area contributed by atoms with Crippen molar-refractivity contribution < 1.29 is 4.21 Å². The van der Waals surface area contributed by atoms with Crippen LogP contribution in [0.3, 0.4) is 0 Å². The van der Waals surface area contributed by atoms with E-state index in [1.165, 1.54) is 18.4 Å². The summed E-state index contributed by atoms with van der Waals surface area (Å²) in [5.41, 5.74) is 1.23. The highest BCUT2D eigenvalue weighted by Crippen LogP contribution is 2.25. The summed E-state index contributed by atoms with van der Waals surface area (Å²) in [6.45, 7) is 2.56. The Hall–Kier alpha value is -0.460. The lowest BCUT2D eigenvalue weighted by Crippen LogP contribution is -2.39. The first-order valence-electron chi connectivity index (χ1n) is 6.70. The lowest BCUT2D eigenvalue weighted by molar-refractivity contribution is 0.666. The molecule has 104 valence electrons. The highest BCUT2D eigenvalue weighted by atomic mass is 79.9. The van der Waals surface area contributed by atoms with Gasteiger partial charge >= 0.3 is 0 Å². The molecule has 2 fully saturated rings. The number of aromatic nitrogens is 1. The Morgan fingerprint density at radius 2 is 2.16 bits per heavy atom. The number of hydrogen-bond donors (Lipinski definition) is 1. The molecule has 1 N–H and O–H groups in total. The number of hydrogen-bond acceptors (Lipinski definition) is 4. The van der Waals surface area contributed by atoms with Gasteiger partial charge in [-0.3, -0.25) is 4.21 Å². The second kappa shape index (κ2) is 5.89. The van der Waals surface area contributed by atoms with E-state index in [0.29, 0.717) is 6.04 Å². The largest absolute Gasteiger partial charge is 0.355 e. The third-order valence-corrected chi connectivity index (χ3v) is 5.25. The molecule has 1 aromatic heterocycles. The zero-order valence-electron chi connectivity index (χ0n) is 10.8. The number of rotatable bonds is 4. The summed E-state index contributed by atoms with van der Waals surface area (Å²) in [5.74, 6) is 2.56. The van der Waals surface area contributed by atoms with Gasteiger partial charge in [0, 0.05) is 64.2 Å². The van der Waals surface area contributed by atoms with Gasteiger partial charge in [-0.15, -0.1) is 0 Å². The van der Waals surface area contributed by atoms with E-state index in [9.17, 15) is 4.21 Å². The average Bonchev–Trinajstić information content (AvgIpc) is 3.22. The molecule has 2 heterocycles. The molecule has 4 nitrogen and oxygen atoms in total. The van der Waals surface area contributed by atoms with Gasteiger partial charge < -0.3 is 10.2 Å². The fraction of sp³-hybridized carbons (Fsp3) is 0.615. The molecule has 1 aliphatic carbocycles. The summed E-state index contributed by atoms with van der Waals surface area (Å²) in [5, 5.41) is 3.54. The Bertz CT molecular complexity index is 483. The Kier molecular flexibility index (Phi) is 4.19. The second-order valence-electron chi connectivity index (χ2n) is 5.13. The highest BCUT2D eigenvalue weighted by Gasteiger charge is 2.23. The van der Waals surface area contributed by atoms with E-state index in [1.54, 1.807) is 0 Å². The Labute approximate surface area is 124 Å². The molecule has 0 aromatic carbocycles. The maximum absolute atomic E-state index is 11.4. The van der Waals surface area contributed by atoms with Gasteiger partial charge in [-0.1, -0.05) is 0 Å². The van der Waals surface area contributed by atoms with Gasteiger partial charge in [0.05, 0.1) is 0 Å². The topological polar surface area (TPSA) is 45.2 Å². The first-order valence-corrected chi connectivity index (χ1v) is 8.98. The number of anilines is 1. The summed E-state index contributed by atoms with van der Waals surface area (Å²) in [7, 11) is -0.641. The van der Waals surface area contributed by atoms with Crippen molar-refractivity contribution in [3.05, 3.63) is 22.3 Å². The minimum Gasteiger partial charge on any atom is -0.355 e. The van der Waals surface area contributed by atoms with Gasteiger partial charge in [0.2, 0.25) is 0 Å². The smallest absolute Gasteiger partial charge is 0.133 e. The van der Waals surface area contributed by atoms with Gasteiger partial charge in [-0.2, -0.15) is 0 Å². The van der Waals surface area contributed by atoms with Crippen molar-refractivity contribution in [3.63, 3.8) is 0 Å². The summed E-state index contributed by atoms with van der Waals surface area (Å²) >= 11 is 3.50.